The Morgan fingerprint density at radius 2 is 2.24 bits per heavy atom. The van der Waals surface area contributed by atoms with Gasteiger partial charge in [-0.05, 0) is 6.92 Å². The molecule has 0 aliphatic carbocycles. The maximum Gasteiger partial charge on any atom is 0.323 e. The largest absolute Gasteiger partial charge is 0.465 e. The van der Waals surface area contributed by atoms with Crippen LogP contribution in [-0.4, -0.2) is 23.6 Å². The minimum absolute atomic E-state index is 0.0386. The topological polar surface area (TPSA) is 65.2 Å². The number of nitrogens with two attached hydrogens (primary N) is 1. The lowest BCUT2D eigenvalue weighted by molar-refractivity contribution is -0.144. The van der Waals surface area contributed by atoms with E-state index in [1.165, 1.54) is 0 Å². The predicted molar refractivity (Wildman–Crippen MR) is 69.1 cm³/mol. The first kappa shape index (κ1) is 14.1. The summed E-state index contributed by atoms with van der Waals surface area (Å²) in [6.07, 6.45) is 0.436. The number of thiazole rings is 1. The Hall–Kier alpha value is -0.940. The summed E-state index contributed by atoms with van der Waals surface area (Å²) < 4.78 is 4.86. The molecule has 1 heterocycles. The summed E-state index contributed by atoms with van der Waals surface area (Å²) in [6.45, 7) is 8.46. The van der Waals surface area contributed by atoms with Gasteiger partial charge in [-0.15, -0.1) is 11.3 Å². The van der Waals surface area contributed by atoms with Crippen LogP contribution in [-0.2, 0) is 21.4 Å². The number of rotatable bonds is 4. The number of hydrogen-bond acceptors (Lipinski definition) is 5. The first-order valence-electron chi connectivity index (χ1n) is 5.71. The van der Waals surface area contributed by atoms with Gasteiger partial charge in [-0.3, -0.25) is 4.79 Å². The van der Waals surface area contributed by atoms with Crippen molar-refractivity contribution in [1.82, 2.24) is 4.98 Å². The molecule has 0 aliphatic heterocycles. The van der Waals surface area contributed by atoms with E-state index in [1.807, 2.05) is 5.38 Å². The van der Waals surface area contributed by atoms with Gasteiger partial charge in [0.25, 0.3) is 0 Å². The van der Waals surface area contributed by atoms with Crippen LogP contribution in [0.15, 0.2) is 5.38 Å². The van der Waals surface area contributed by atoms with Gasteiger partial charge in [0.15, 0.2) is 0 Å². The lowest BCUT2D eigenvalue weighted by atomic mass is 9.98. The quantitative estimate of drug-likeness (QED) is 0.835. The molecule has 1 aromatic rings. The minimum Gasteiger partial charge on any atom is -0.465 e. The molecule has 1 atom stereocenters. The Labute approximate surface area is 106 Å². The number of nitrogens with zero attached hydrogens (tertiary/aromatic N) is 1. The molecule has 1 rings (SSSR count). The summed E-state index contributed by atoms with van der Waals surface area (Å²) >= 11 is 1.60. The molecule has 0 aromatic carbocycles. The molecule has 0 saturated heterocycles. The van der Waals surface area contributed by atoms with Crippen molar-refractivity contribution in [2.75, 3.05) is 6.61 Å². The molecule has 2 N–H and O–H groups in total. The Balaban J connectivity index is 2.64. The van der Waals surface area contributed by atoms with Crippen LogP contribution in [0.3, 0.4) is 0 Å². The molecule has 0 saturated carbocycles. The Morgan fingerprint density at radius 3 is 2.71 bits per heavy atom. The van der Waals surface area contributed by atoms with E-state index in [-0.39, 0.29) is 11.4 Å². The van der Waals surface area contributed by atoms with E-state index < -0.39 is 6.04 Å². The van der Waals surface area contributed by atoms with Gasteiger partial charge < -0.3 is 10.5 Å². The van der Waals surface area contributed by atoms with Gasteiger partial charge >= 0.3 is 5.97 Å². The minimum atomic E-state index is -0.620. The second-order valence-electron chi connectivity index (χ2n) is 4.96. The van der Waals surface area contributed by atoms with Crippen LogP contribution in [0.4, 0.5) is 0 Å². The molecule has 4 nitrogen and oxygen atoms in total. The molecular weight excluding hydrogens is 236 g/mol. The average molecular weight is 256 g/mol. The highest BCUT2D eigenvalue weighted by atomic mass is 32.1. The van der Waals surface area contributed by atoms with Crippen LogP contribution in [0.1, 0.15) is 38.4 Å². The molecule has 1 aromatic heterocycles. The fourth-order valence-corrected chi connectivity index (χ4v) is 2.22. The molecule has 96 valence electrons. The van der Waals surface area contributed by atoms with Gasteiger partial charge in [0.05, 0.1) is 17.3 Å². The fourth-order valence-electron chi connectivity index (χ4n) is 1.30. The average Bonchev–Trinajstić information content (AvgIpc) is 2.66. The van der Waals surface area contributed by atoms with Crippen LogP contribution in [0.2, 0.25) is 0 Å². The van der Waals surface area contributed by atoms with Gasteiger partial charge in [0.1, 0.15) is 6.04 Å². The number of aromatic nitrogens is 1. The monoisotopic (exact) mass is 256 g/mol. The molecule has 0 aliphatic rings. The second kappa shape index (κ2) is 5.60. The van der Waals surface area contributed by atoms with Crippen molar-refractivity contribution in [3.05, 3.63) is 16.1 Å². The van der Waals surface area contributed by atoms with E-state index in [0.717, 1.165) is 10.7 Å². The van der Waals surface area contributed by atoms with Crippen molar-refractivity contribution in [2.24, 2.45) is 5.73 Å². The number of hydrogen-bond donors (Lipinski definition) is 1. The lowest BCUT2D eigenvalue weighted by Crippen LogP contribution is -2.34. The predicted octanol–water partition coefficient (Wildman–Crippen LogP) is 1.87. The van der Waals surface area contributed by atoms with Crippen molar-refractivity contribution < 1.29 is 9.53 Å². The molecule has 0 radical (unpaired) electrons. The third-order valence-corrected chi connectivity index (χ3v) is 3.53. The van der Waals surface area contributed by atoms with Crippen molar-refractivity contribution in [1.29, 1.82) is 0 Å². The second-order valence-corrected chi connectivity index (χ2v) is 5.81. The molecule has 0 bridgehead atoms. The van der Waals surface area contributed by atoms with Gasteiger partial charge in [-0.1, -0.05) is 20.8 Å². The summed E-state index contributed by atoms with van der Waals surface area (Å²) in [5.74, 6) is -0.363. The van der Waals surface area contributed by atoms with Crippen LogP contribution < -0.4 is 5.73 Å². The summed E-state index contributed by atoms with van der Waals surface area (Å²) in [5, 5.41) is 3.02. The molecule has 17 heavy (non-hydrogen) atoms. The fraction of sp³-hybridized carbons (Fsp3) is 0.667. The molecule has 1 unspecified atom stereocenters. The summed E-state index contributed by atoms with van der Waals surface area (Å²) in [4.78, 5) is 15.9. The third-order valence-electron chi connectivity index (χ3n) is 2.21. The van der Waals surface area contributed by atoms with Gasteiger partial charge in [0, 0.05) is 17.2 Å². The number of carbonyl (C=O) groups is 1. The highest BCUT2D eigenvalue weighted by molar-refractivity contribution is 7.09. The van der Waals surface area contributed by atoms with Crippen molar-refractivity contribution >= 4 is 17.3 Å². The first-order valence-corrected chi connectivity index (χ1v) is 6.59. The Kier molecular flexibility index (Phi) is 4.65. The van der Waals surface area contributed by atoms with E-state index in [1.54, 1.807) is 18.3 Å². The van der Waals surface area contributed by atoms with E-state index in [9.17, 15) is 4.79 Å². The number of ether oxygens (including phenoxy) is 1. The van der Waals surface area contributed by atoms with Gasteiger partial charge in [-0.2, -0.15) is 0 Å². The maximum atomic E-state index is 11.4. The molecule has 0 spiro atoms. The number of esters is 1. The summed E-state index contributed by atoms with van der Waals surface area (Å²) in [6, 6.07) is -0.620. The van der Waals surface area contributed by atoms with E-state index in [2.05, 4.69) is 25.8 Å². The van der Waals surface area contributed by atoms with Crippen LogP contribution in [0.25, 0.3) is 0 Å². The Morgan fingerprint density at radius 1 is 1.59 bits per heavy atom. The van der Waals surface area contributed by atoms with E-state index >= 15 is 0 Å². The van der Waals surface area contributed by atoms with Crippen molar-refractivity contribution in [3.63, 3.8) is 0 Å². The SMILES string of the molecule is CCOC(=O)C(N)Cc1csc(C(C)(C)C)n1. The van der Waals surface area contributed by atoms with Crippen molar-refractivity contribution in [3.8, 4) is 0 Å². The number of carbonyl (C=O) groups excluding carboxylic acids is 1. The zero-order valence-electron chi connectivity index (χ0n) is 10.8. The normalized spacial score (nSPS) is 13.5. The van der Waals surface area contributed by atoms with Gasteiger partial charge in [-0.25, -0.2) is 4.98 Å². The van der Waals surface area contributed by atoms with E-state index in [4.69, 9.17) is 10.5 Å². The third kappa shape index (κ3) is 4.09. The molecule has 0 fully saturated rings. The summed E-state index contributed by atoms with van der Waals surface area (Å²) in [7, 11) is 0. The van der Waals surface area contributed by atoms with E-state index in [0.29, 0.717) is 13.0 Å². The highest BCUT2D eigenvalue weighted by Crippen LogP contribution is 2.25. The van der Waals surface area contributed by atoms with Gasteiger partial charge in [0.2, 0.25) is 0 Å². The smallest absolute Gasteiger partial charge is 0.323 e. The van der Waals surface area contributed by atoms with Crippen LogP contribution >= 0.6 is 11.3 Å². The van der Waals surface area contributed by atoms with Crippen molar-refractivity contribution in [2.45, 2.75) is 45.6 Å². The zero-order chi connectivity index (χ0) is 13.1. The van der Waals surface area contributed by atoms with Crippen LogP contribution in [0.5, 0.6) is 0 Å². The maximum absolute atomic E-state index is 11.4. The molecule has 5 heteroatoms. The first-order chi connectivity index (χ1) is 7.84. The Bertz CT molecular complexity index is 382. The summed E-state index contributed by atoms with van der Waals surface area (Å²) in [5.41, 5.74) is 6.64. The lowest BCUT2D eigenvalue weighted by Gasteiger charge is -2.13. The molecule has 0 amide bonds. The van der Waals surface area contributed by atoms with Crippen LogP contribution in [0, 0.1) is 0 Å². The molecular formula is C12H20N2O2S. The standard InChI is InChI=1S/C12H20N2O2S/c1-5-16-10(15)9(13)6-8-7-17-11(14-8)12(2,3)4/h7,9H,5-6,13H2,1-4H3. The zero-order valence-corrected chi connectivity index (χ0v) is 11.6. The highest BCUT2D eigenvalue weighted by Gasteiger charge is 2.21.